The van der Waals surface area contributed by atoms with Crippen molar-refractivity contribution in [2.75, 3.05) is 42.4 Å². The standard InChI is InChI=1S/C14H18N4O2S/c1-21-7-5-18-12-3-2-10(8-11(12)16-14(18)15)17-4-6-20-9-13(17)19/h2-3,8H,4-7,9H2,1H3,(H2,15,16). The number of hydrogen-bond donors (Lipinski definition) is 1. The van der Waals surface area contributed by atoms with Crippen LogP contribution in [-0.2, 0) is 16.1 Å². The van der Waals surface area contributed by atoms with E-state index in [1.165, 1.54) is 0 Å². The van der Waals surface area contributed by atoms with Crippen molar-refractivity contribution in [2.24, 2.45) is 0 Å². The molecule has 3 rings (SSSR count). The Morgan fingerprint density at radius 3 is 3.10 bits per heavy atom. The van der Waals surface area contributed by atoms with E-state index in [2.05, 4.69) is 11.2 Å². The predicted molar refractivity (Wildman–Crippen MR) is 85.7 cm³/mol. The van der Waals surface area contributed by atoms with Crippen LogP contribution in [0.25, 0.3) is 11.0 Å². The summed E-state index contributed by atoms with van der Waals surface area (Å²) < 4.78 is 7.17. The fraction of sp³-hybridized carbons (Fsp3) is 0.429. The monoisotopic (exact) mass is 306 g/mol. The number of anilines is 2. The van der Waals surface area contributed by atoms with E-state index in [1.54, 1.807) is 16.7 Å². The highest BCUT2D eigenvalue weighted by molar-refractivity contribution is 7.98. The van der Waals surface area contributed by atoms with Crippen LogP contribution in [0.5, 0.6) is 0 Å². The fourth-order valence-corrected chi connectivity index (χ4v) is 2.88. The molecule has 1 aliphatic heterocycles. The Balaban J connectivity index is 1.95. The van der Waals surface area contributed by atoms with Crippen LogP contribution in [0.4, 0.5) is 11.6 Å². The number of benzene rings is 1. The third-order valence-electron chi connectivity index (χ3n) is 3.58. The molecule has 1 aromatic heterocycles. The zero-order valence-electron chi connectivity index (χ0n) is 11.9. The highest BCUT2D eigenvalue weighted by Crippen LogP contribution is 2.25. The van der Waals surface area contributed by atoms with Gasteiger partial charge in [0.05, 0.1) is 17.6 Å². The number of morpholine rings is 1. The van der Waals surface area contributed by atoms with Gasteiger partial charge in [0.15, 0.2) is 0 Å². The summed E-state index contributed by atoms with van der Waals surface area (Å²) in [6, 6.07) is 5.85. The third kappa shape index (κ3) is 2.71. The number of aromatic nitrogens is 2. The van der Waals surface area contributed by atoms with Crippen LogP contribution in [0, 0.1) is 0 Å². The first-order valence-electron chi connectivity index (χ1n) is 6.83. The summed E-state index contributed by atoms with van der Waals surface area (Å²) in [5, 5.41) is 0. The van der Waals surface area contributed by atoms with Crippen molar-refractivity contribution >= 4 is 40.3 Å². The lowest BCUT2D eigenvalue weighted by Gasteiger charge is -2.26. The summed E-state index contributed by atoms with van der Waals surface area (Å²) in [7, 11) is 0. The highest BCUT2D eigenvalue weighted by Gasteiger charge is 2.21. The number of fused-ring (bicyclic) bond motifs is 1. The van der Waals surface area contributed by atoms with E-state index in [0.717, 1.165) is 29.0 Å². The molecule has 0 unspecified atom stereocenters. The second-order valence-corrected chi connectivity index (χ2v) is 5.87. The Labute approximate surface area is 127 Å². The number of nitrogen functional groups attached to an aromatic ring is 1. The molecule has 0 saturated carbocycles. The van der Waals surface area contributed by atoms with Crippen molar-refractivity contribution in [2.45, 2.75) is 6.54 Å². The molecule has 112 valence electrons. The lowest BCUT2D eigenvalue weighted by Crippen LogP contribution is -2.41. The van der Waals surface area contributed by atoms with E-state index < -0.39 is 0 Å². The van der Waals surface area contributed by atoms with Crippen LogP contribution in [0.15, 0.2) is 18.2 Å². The number of amides is 1. The first kappa shape index (κ1) is 14.2. The van der Waals surface area contributed by atoms with Gasteiger partial charge in [-0.3, -0.25) is 4.79 Å². The molecule has 0 spiro atoms. The zero-order valence-corrected chi connectivity index (χ0v) is 12.7. The van der Waals surface area contributed by atoms with Crippen molar-refractivity contribution in [1.82, 2.24) is 9.55 Å². The topological polar surface area (TPSA) is 73.4 Å². The van der Waals surface area contributed by atoms with Crippen molar-refractivity contribution in [3.63, 3.8) is 0 Å². The molecule has 6 nitrogen and oxygen atoms in total. The minimum atomic E-state index is -0.0182. The molecule has 0 atom stereocenters. The Morgan fingerprint density at radius 2 is 2.33 bits per heavy atom. The Morgan fingerprint density at radius 1 is 1.48 bits per heavy atom. The van der Waals surface area contributed by atoms with E-state index in [-0.39, 0.29) is 12.5 Å². The maximum atomic E-state index is 11.9. The number of carbonyl (C=O) groups is 1. The second kappa shape index (κ2) is 5.95. The van der Waals surface area contributed by atoms with Gasteiger partial charge in [0.2, 0.25) is 5.95 Å². The first-order chi connectivity index (χ1) is 10.2. The van der Waals surface area contributed by atoms with Gasteiger partial charge in [-0.2, -0.15) is 11.8 Å². The molecule has 1 aliphatic rings. The van der Waals surface area contributed by atoms with Crippen molar-refractivity contribution < 1.29 is 9.53 Å². The average Bonchev–Trinajstić information content (AvgIpc) is 2.80. The number of ether oxygens (including phenoxy) is 1. The summed E-state index contributed by atoms with van der Waals surface area (Å²) in [4.78, 5) is 18.0. The number of nitrogens with two attached hydrogens (primary N) is 1. The second-order valence-electron chi connectivity index (χ2n) is 4.89. The number of aryl methyl sites for hydroxylation is 1. The van der Waals surface area contributed by atoms with Crippen LogP contribution < -0.4 is 10.6 Å². The van der Waals surface area contributed by atoms with Gasteiger partial charge in [0, 0.05) is 24.5 Å². The van der Waals surface area contributed by atoms with E-state index in [9.17, 15) is 4.79 Å². The molecule has 0 aliphatic carbocycles. The molecule has 2 aromatic rings. The van der Waals surface area contributed by atoms with Gasteiger partial charge in [0.25, 0.3) is 5.91 Å². The molecule has 1 amide bonds. The minimum Gasteiger partial charge on any atom is -0.370 e. The normalized spacial score (nSPS) is 15.9. The molecule has 21 heavy (non-hydrogen) atoms. The van der Waals surface area contributed by atoms with E-state index in [4.69, 9.17) is 10.5 Å². The molecule has 2 heterocycles. The molecule has 1 aromatic carbocycles. The number of rotatable bonds is 4. The Hall–Kier alpha value is -1.73. The molecule has 0 bridgehead atoms. The van der Waals surface area contributed by atoms with Crippen molar-refractivity contribution in [3.8, 4) is 0 Å². The number of hydrogen-bond acceptors (Lipinski definition) is 5. The first-order valence-corrected chi connectivity index (χ1v) is 8.23. The van der Waals surface area contributed by atoms with Crippen molar-refractivity contribution in [3.05, 3.63) is 18.2 Å². The maximum absolute atomic E-state index is 11.9. The lowest BCUT2D eigenvalue weighted by atomic mass is 10.2. The average molecular weight is 306 g/mol. The highest BCUT2D eigenvalue weighted by atomic mass is 32.2. The Kier molecular flexibility index (Phi) is 4.03. The summed E-state index contributed by atoms with van der Waals surface area (Å²) in [6.45, 7) is 2.11. The maximum Gasteiger partial charge on any atom is 0.253 e. The predicted octanol–water partition coefficient (Wildman–Crippen LogP) is 1.34. The van der Waals surface area contributed by atoms with Crippen molar-refractivity contribution in [1.29, 1.82) is 0 Å². The van der Waals surface area contributed by atoms with Gasteiger partial charge in [-0.15, -0.1) is 0 Å². The molecule has 2 N–H and O–H groups in total. The van der Waals surface area contributed by atoms with Gasteiger partial charge in [0.1, 0.15) is 6.61 Å². The molecule has 0 radical (unpaired) electrons. The Bertz CT molecular complexity index is 670. The summed E-state index contributed by atoms with van der Waals surface area (Å²) in [5.41, 5.74) is 8.67. The third-order valence-corrected chi connectivity index (χ3v) is 4.17. The summed E-state index contributed by atoms with van der Waals surface area (Å²) in [6.07, 6.45) is 2.07. The van der Waals surface area contributed by atoms with E-state index in [0.29, 0.717) is 19.1 Å². The zero-order chi connectivity index (χ0) is 14.8. The number of thioether (sulfide) groups is 1. The summed E-state index contributed by atoms with van der Waals surface area (Å²) >= 11 is 1.77. The van der Waals surface area contributed by atoms with Crippen LogP contribution in [0.1, 0.15) is 0 Å². The molecule has 1 saturated heterocycles. The van der Waals surface area contributed by atoms with Crippen LogP contribution in [-0.4, -0.2) is 47.2 Å². The molecular formula is C14H18N4O2S. The molecular weight excluding hydrogens is 288 g/mol. The van der Waals surface area contributed by atoms with Crippen LogP contribution >= 0.6 is 11.8 Å². The largest absolute Gasteiger partial charge is 0.370 e. The van der Waals surface area contributed by atoms with E-state index >= 15 is 0 Å². The van der Waals surface area contributed by atoms with Gasteiger partial charge in [-0.1, -0.05) is 0 Å². The fourth-order valence-electron chi connectivity index (χ4n) is 2.51. The van der Waals surface area contributed by atoms with Crippen LogP contribution in [0.2, 0.25) is 0 Å². The SMILES string of the molecule is CSCCn1c(N)nc2cc(N3CCOCC3=O)ccc21. The number of imidazole rings is 1. The van der Waals surface area contributed by atoms with Gasteiger partial charge >= 0.3 is 0 Å². The minimum absolute atomic E-state index is 0.0182. The molecule has 1 fully saturated rings. The summed E-state index contributed by atoms with van der Waals surface area (Å²) in [5.74, 6) is 1.49. The number of carbonyl (C=O) groups excluding carboxylic acids is 1. The lowest BCUT2D eigenvalue weighted by molar-refractivity contribution is -0.125. The van der Waals surface area contributed by atoms with Gasteiger partial charge < -0.3 is 19.9 Å². The van der Waals surface area contributed by atoms with Gasteiger partial charge in [-0.25, -0.2) is 4.98 Å². The number of nitrogens with zero attached hydrogens (tertiary/aromatic N) is 3. The quantitative estimate of drug-likeness (QED) is 0.923. The van der Waals surface area contributed by atoms with Crippen LogP contribution in [0.3, 0.4) is 0 Å². The smallest absolute Gasteiger partial charge is 0.253 e. The van der Waals surface area contributed by atoms with Gasteiger partial charge in [-0.05, 0) is 24.5 Å². The van der Waals surface area contributed by atoms with E-state index in [1.807, 2.05) is 22.8 Å². The molecule has 7 heteroatoms.